The first-order valence-electron chi connectivity index (χ1n) is 5.78. The van der Waals surface area contributed by atoms with Crippen LogP contribution in [0.2, 0.25) is 0 Å². The molecule has 0 aromatic heterocycles. The molecule has 1 rings (SSSR count). The molecule has 2 atom stereocenters. The molecule has 4 heteroatoms. The maximum atomic E-state index is 10.8. The Morgan fingerprint density at radius 1 is 1.35 bits per heavy atom. The van der Waals surface area contributed by atoms with Crippen molar-refractivity contribution in [1.29, 1.82) is 0 Å². The standard InChI is InChI=1S/C13H19NO3/c1-10(7-8-11(9-14)13(15)16)17-12-5-3-2-4-6-12/h2-6,10-11H,7-9,14H2,1H3,(H,15,16). The minimum Gasteiger partial charge on any atom is -0.491 e. The Morgan fingerprint density at radius 3 is 2.53 bits per heavy atom. The number of ether oxygens (including phenoxy) is 1. The predicted molar refractivity (Wildman–Crippen MR) is 65.9 cm³/mol. The molecule has 0 amide bonds. The molecule has 0 bridgehead atoms. The Balaban J connectivity index is 2.35. The van der Waals surface area contributed by atoms with Gasteiger partial charge < -0.3 is 15.6 Å². The van der Waals surface area contributed by atoms with Crippen molar-refractivity contribution in [3.05, 3.63) is 30.3 Å². The van der Waals surface area contributed by atoms with Crippen LogP contribution in [0.5, 0.6) is 5.75 Å². The molecule has 17 heavy (non-hydrogen) atoms. The molecule has 1 aromatic carbocycles. The fraction of sp³-hybridized carbons (Fsp3) is 0.462. The highest BCUT2D eigenvalue weighted by Gasteiger charge is 2.16. The Morgan fingerprint density at radius 2 is 2.00 bits per heavy atom. The molecular weight excluding hydrogens is 218 g/mol. The summed E-state index contributed by atoms with van der Waals surface area (Å²) in [4.78, 5) is 10.8. The van der Waals surface area contributed by atoms with E-state index in [1.54, 1.807) is 0 Å². The molecule has 0 heterocycles. The molecule has 0 fully saturated rings. The normalized spacial score (nSPS) is 14.0. The molecule has 0 aliphatic rings. The number of carboxylic acids is 1. The van der Waals surface area contributed by atoms with Crippen molar-refractivity contribution < 1.29 is 14.6 Å². The maximum Gasteiger partial charge on any atom is 0.307 e. The van der Waals surface area contributed by atoms with Crippen LogP contribution in [0.1, 0.15) is 19.8 Å². The summed E-state index contributed by atoms with van der Waals surface area (Å²) in [5.74, 6) is -0.504. The van der Waals surface area contributed by atoms with E-state index in [4.69, 9.17) is 15.6 Å². The van der Waals surface area contributed by atoms with E-state index in [-0.39, 0.29) is 12.6 Å². The van der Waals surface area contributed by atoms with E-state index < -0.39 is 11.9 Å². The summed E-state index contributed by atoms with van der Waals surface area (Å²) >= 11 is 0. The minimum absolute atomic E-state index is 0.00852. The van der Waals surface area contributed by atoms with E-state index in [2.05, 4.69) is 0 Å². The van der Waals surface area contributed by atoms with E-state index in [0.717, 1.165) is 5.75 Å². The molecule has 1 aromatic rings. The molecule has 0 saturated carbocycles. The van der Waals surface area contributed by atoms with Crippen molar-refractivity contribution in [2.45, 2.75) is 25.9 Å². The van der Waals surface area contributed by atoms with Gasteiger partial charge in [0.2, 0.25) is 0 Å². The van der Waals surface area contributed by atoms with E-state index in [1.165, 1.54) is 0 Å². The molecule has 0 saturated heterocycles. The first-order valence-corrected chi connectivity index (χ1v) is 5.78. The summed E-state index contributed by atoms with van der Waals surface area (Å²) in [5.41, 5.74) is 5.39. The molecule has 0 radical (unpaired) electrons. The summed E-state index contributed by atoms with van der Waals surface area (Å²) in [6, 6.07) is 9.50. The monoisotopic (exact) mass is 237 g/mol. The van der Waals surface area contributed by atoms with Gasteiger partial charge in [0, 0.05) is 6.54 Å². The first kappa shape index (κ1) is 13.5. The van der Waals surface area contributed by atoms with Crippen LogP contribution in [0.3, 0.4) is 0 Å². The van der Waals surface area contributed by atoms with E-state index in [1.807, 2.05) is 37.3 Å². The Kier molecular flexibility index (Phi) is 5.49. The molecule has 2 unspecified atom stereocenters. The highest BCUT2D eigenvalue weighted by atomic mass is 16.5. The second kappa shape index (κ2) is 6.91. The second-order valence-electron chi connectivity index (χ2n) is 4.09. The third kappa shape index (κ3) is 4.87. The molecule has 4 nitrogen and oxygen atoms in total. The number of hydrogen-bond donors (Lipinski definition) is 2. The zero-order chi connectivity index (χ0) is 12.7. The summed E-state index contributed by atoms with van der Waals surface area (Å²) in [7, 11) is 0. The van der Waals surface area contributed by atoms with Crippen molar-refractivity contribution in [2.24, 2.45) is 11.7 Å². The van der Waals surface area contributed by atoms with Gasteiger partial charge in [-0.1, -0.05) is 18.2 Å². The van der Waals surface area contributed by atoms with Gasteiger partial charge in [-0.3, -0.25) is 4.79 Å². The van der Waals surface area contributed by atoms with Crippen molar-refractivity contribution >= 4 is 5.97 Å². The number of nitrogens with two attached hydrogens (primary N) is 1. The molecular formula is C13H19NO3. The summed E-state index contributed by atoms with van der Waals surface area (Å²) in [6.07, 6.45) is 1.22. The second-order valence-corrected chi connectivity index (χ2v) is 4.09. The smallest absolute Gasteiger partial charge is 0.307 e. The van der Waals surface area contributed by atoms with Crippen LogP contribution >= 0.6 is 0 Å². The summed E-state index contributed by atoms with van der Waals surface area (Å²) in [5, 5.41) is 8.86. The van der Waals surface area contributed by atoms with Gasteiger partial charge in [0.15, 0.2) is 0 Å². The zero-order valence-electron chi connectivity index (χ0n) is 10.0. The average molecular weight is 237 g/mol. The lowest BCUT2D eigenvalue weighted by molar-refractivity contribution is -0.141. The molecule has 0 spiro atoms. The lowest BCUT2D eigenvalue weighted by Gasteiger charge is -2.16. The average Bonchev–Trinajstić information content (AvgIpc) is 2.30. The third-order valence-corrected chi connectivity index (χ3v) is 2.64. The van der Waals surface area contributed by atoms with E-state index in [9.17, 15) is 4.79 Å². The van der Waals surface area contributed by atoms with Crippen molar-refractivity contribution in [2.75, 3.05) is 6.54 Å². The molecule has 3 N–H and O–H groups in total. The number of benzene rings is 1. The third-order valence-electron chi connectivity index (χ3n) is 2.64. The van der Waals surface area contributed by atoms with Crippen LogP contribution in [0.15, 0.2) is 30.3 Å². The van der Waals surface area contributed by atoms with Gasteiger partial charge >= 0.3 is 5.97 Å². The van der Waals surface area contributed by atoms with Gasteiger partial charge in [0.1, 0.15) is 5.75 Å². The van der Waals surface area contributed by atoms with Crippen LogP contribution in [0.4, 0.5) is 0 Å². The van der Waals surface area contributed by atoms with E-state index >= 15 is 0 Å². The number of aliphatic carboxylic acids is 1. The van der Waals surface area contributed by atoms with Crippen LogP contribution < -0.4 is 10.5 Å². The molecule has 94 valence electrons. The van der Waals surface area contributed by atoms with Crippen molar-refractivity contribution in [3.63, 3.8) is 0 Å². The van der Waals surface area contributed by atoms with Gasteiger partial charge in [-0.15, -0.1) is 0 Å². The number of carbonyl (C=O) groups is 1. The van der Waals surface area contributed by atoms with E-state index in [0.29, 0.717) is 12.8 Å². The molecule has 0 aliphatic heterocycles. The zero-order valence-corrected chi connectivity index (χ0v) is 10.0. The van der Waals surface area contributed by atoms with Crippen LogP contribution in [-0.2, 0) is 4.79 Å². The van der Waals surface area contributed by atoms with Gasteiger partial charge in [-0.2, -0.15) is 0 Å². The van der Waals surface area contributed by atoms with Crippen molar-refractivity contribution in [3.8, 4) is 5.75 Å². The summed E-state index contributed by atoms with van der Waals surface area (Å²) < 4.78 is 5.66. The van der Waals surface area contributed by atoms with Crippen molar-refractivity contribution in [1.82, 2.24) is 0 Å². The van der Waals surface area contributed by atoms with Crippen LogP contribution in [-0.4, -0.2) is 23.7 Å². The number of para-hydroxylation sites is 1. The fourth-order valence-electron chi connectivity index (χ4n) is 1.57. The topological polar surface area (TPSA) is 72.6 Å². The van der Waals surface area contributed by atoms with Gasteiger partial charge in [0.05, 0.1) is 12.0 Å². The predicted octanol–water partition coefficient (Wildman–Crippen LogP) is 1.89. The molecule has 0 aliphatic carbocycles. The lowest BCUT2D eigenvalue weighted by Crippen LogP contribution is -2.25. The Labute approximate surface area is 101 Å². The maximum absolute atomic E-state index is 10.8. The highest BCUT2D eigenvalue weighted by Crippen LogP contribution is 2.15. The van der Waals surface area contributed by atoms with Crippen LogP contribution in [0, 0.1) is 5.92 Å². The Hall–Kier alpha value is -1.55. The number of rotatable bonds is 7. The lowest BCUT2D eigenvalue weighted by atomic mass is 10.0. The number of hydrogen-bond acceptors (Lipinski definition) is 3. The minimum atomic E-state index is -0.834. The Bertz CT molecular complexity index is 340. The van der Waals surface area contributed by atoms with Gasteiger partial charge in [-0.05, 0) is 31.9 Å². The van der Waals surface area contributed by atoms with Gasteiger partial charge in [-0.25, -0.2) is 0 Å². The highest BCUT2D eigenvalue weighted by molar-refractivity contribution is 5.70. The quantitative estimate of drug-likeness (QED) is 0.759. The first-order chi connectivity index (χ1) is 8.13. The van der Waals surface area contributed by atoms with Crippen LogP contribution in [0.25, 0.3) is 0 Å². The van der Waals surface area contributed by atoms with Gasteiger partial charge in [0.25, 0.3) is 0 Å². The number of carboxylic acid groups (broad SMARTS) is 1. The largest absolute Gasteiger partial charge is 0.491 e. The summed E-state index contributed by atoms with van der Waals surface area (Å²) in [6.45, 7) is 2.11. The SMILES string of the molecule is CC(CCC(CN)C(=O)O)Oc1ccccc1. The fourth-order valence-corrected chi connectivity index (χ4v) is 1.57.